The summed E-state index contributed by atoms with van der Waals surface area (Å²) in [7, 11) is 0. The predicted octanol–water partition coefficient (Wildman–Crippen LogP) is 0.277. The smallest absolute Gasteiger partial charge is 0.335 e. The fourth-order valence-electron chi connectivity index (χ4n) is 1.88. The molecule has 0 unspecified atom stereocenters. The molecule has 2 rings (SSSR count). The first-order valence-corrected chi connectivity index (χ1v) is 6.63. The maximum atomic E-state index is 12.0. The lowest BCUT2D eigenvalue weighted by molar-refractivity contribution is 0.249. The molecule has 0 aliphatic heterocycles. The highest BCUT2D eigenvalue weighted by atomic mass is 35.5. The molecule has 0 radical (unpaired) electrons. The number of halogens is 1. The fraction of sp³-hybridized carbons (Fsp3) is 0.0769. The zero-order valence-electron chi connectivity index (χ0n) is 11.8. The van der Waals surface area contributed by atoms with Crippen molar-refractivity contribution in [1.29, 1.82) is 0 Å². The van der Waals surface area contributed by atoms with E-state index in [0.29, 0.717) is 5.02 Å². The van der Waals surface area contributed by atoms with Gasteiger partial charge < -0.3 is 10.8 Å². The summed E-state index contributed by atoms with van der Waals surface area (Å²) in [6.45, 7) is 1.36. The molecule has 0 atom stereocenters. The van der Waals surface area contributed by atoms with E-state index >= 15 is 0 Å². The molecule has 120 valence electrons. The van der Waals surface area contributed by atoms with Crippen molar-refractivity contribution < 1.29 is 9.90 Å². The fourth-order valence-corrected chi connectivity index (χ4v) is 2.00. The molecule has 2 aromatic rings. The summed E-state index contributed by atoms with van der Waals surface area (Å²) in [5.41, 5.74) is 5.09. The number of carbonyl (C=O) groups is 1. The lowest BCUT2D eigenvalue weighted by Gasteiger charge is -2.11. The third kappa shape index (κ3) is 3.40. The van der Waals surface area contributed by atoms with Gasteiger partial charge in [-0.3, -0.25) is 9.78 Å². The highest BCUT2D eigenvalue weighted by molar-refractivity contribution is 6.30. The summed E-state index contributed by atoms with van der Waals surface area (Å²) in [6.07, 6.45) is 0. The minimum Gasteiger partial charge on any atom is -0.493 e. The number of aromatic nitrogens is 2. The molecule has 0 bridgehead atoms. The number of primary amides is 1. The molecule has 23 heavy (non-hydrogen) atoms. The minimum atomic E-state index is -0.939. The molecule has 9 nitrogen and oxygen atoms in total. The van der Waals surface area contributed by atoms with E-state index in [9.17, 15) is 19.5 Å². The maximum Gasteiger partial charge on any atom is 0.335 e. The molecule has 1 heterocycles. The second-order valence-electron chi connectivity index (χ2n) is 4.44. The van der Waals surface area contributed by atoms with E-state index in [0.717, 1.165) is 4.57 Å². The van der Waals surface area contributed by atoms with Crippen molar-refractivity contribution in [2.45, 2.75) is 6.92 Å². The third-order valence-electron chi connectivity index (χ3n) is 2.87. The summed E-state index contributed by atoms with van der Waals surface area (Å²) in [4.78, 5) is 36.6. The number of hydrazone groups is 1. The monoisotopic (exact) mass is 337 g/mol. The Hall–Kier alpha value is -3.07. The number of rotatable bonds is 3. The molecule has 2 amide bonds. The van der Waals surface area contributed by atoms with E-state index in [-0.39, 0.29) is 17.0 Å². The van der Waals surface area contributed by atoms with Crippen LogP contribution in [0.15, 0.2) is 39.0 Å². The molecule has 10 heteroatoms. The van der Waals surface area contributed by atoms with Crippen molar-refractivity contribution >= 4 is 23.3 Å². The zero-order valence-corrected chi connectivity index (χ0v) is 12.6. The molecule has 1 aromatic carbocycles. The van der Waals surface area contributed by atoms with Gasteiger partial charge in [-0.1, -0.05) is 11.6 Å². The topological polar surface area (TPSA) is 143 Å². The Balaban J connectivity index is 2.67. The SMILES string of the molecule is C/C(=N\NC(N)=O)c1c(O)n(-c2ccc(Cl)cc2)c(=O)[nH]c1=O. The molecule has 1 aromatic heterocycles. The first kappa shape index (κ1) is 16.3. The summed E-state index contributed by atoms with van der Waals surface area (Å²) in [5, 5.41) is 14.3. The average molecular weight is 338 g/mol. The number of amides is 2. The Labute approximate surface area is 134 Å². The van der Waals surface area contributed by atoms with Crippen LogP contribution >= 0.6 is 11.6 Å². The largest absolute Gasteiger partial charge is 0.493 e. The Morgan fingerprint density at radius 1 is 1.35 bits per heavy atom. The molecular weight excluding hydrogens is 326 g/mol. The van der Waals surface area contributed by atoms with E-state index in [1.54, 1.807) is 0 Å². The number of hydrogen-bond donors (Lipinski definition) is 4. The molecular formula is C13H12ClN5O4. The van der Waals surface area contributed by atoms with E-state index in [2.05, 4.69) is 10.1 Å². The first-order valence-electron chi connectivity index (χ1n) is 6.25. The number of hydrogen-bond acceptors (Lipinski definition) is 5. The van der Waals surface area contributed by atoms with Crippen LogP contribution in [0.2, 0.25) is 5.02 Å². The van der Waals surface area contributed by atoms with Crippen molar-refractivity contribution in [2.24, 2.45) is 10.8 Å². The summed E-state index contributed by atoms with van der Waals surface area (Å²) in [6, 6.07) is 5.07. The van der Waals surface area contributed by atoms with Gasteiger partial charge in [0.05, 0.1) is 11.4 Å². The summed E-state index contributed by atoms with van der Waals surface area (Å²) >= 11 is 5.78. The average Bonchev–Trinajstić information content (AvgIpc) is 2.46. The number of nitrogens with zero attached hydrogens (tertiary/aromatic N) is 2. The highest BCUT2D eigenvalue weighted by Gasteiger charge is 2.18. The van der Waals surface area contributed by atoms with Crippen LogP contribution in [0.1, 0.15) is 12.5 Å². The summed E-state index contributed by atoms with van der Waals surface area (Å²) in [5.74, 6) is -0.631. The van der Waals surface area contributed by atoms with Crippen LogP contribution in [0, 0.1) is 0 Å². The minimum absolute atomic E-state index is 0.0368. The molecule has 0 fully saturated rings. The van der Waals surface area contributed by atoms with Crippen LogP contribution in [0.25, 0.3) is 5.69 Å². The number of urea groups is 1. The van der Waals surface area contributed by atoms with E-state index in [4.69, 9.17) is 17.3 Å². The van der Waals surface area contributed by atoms with Gasteiger partial charge in [-0.2, -0.15) is 5.10 Å². The van der Waals surface area contributed by atoms with Crippen LogP contribution in [-0.4, -0.2) is 26.4 Å². The van der Waals surface area contributed by atoms with Crippen LogP contribution in [0.4, 0.5) is 4.79 Å². The molecule has 0 saturated carbocycles. The number of carbonyl (C=O) groups excluding carboxylic acids is 1. The molecule has 0 spiro atoms. The Kier molecular flexibility index (Phi) is 4.51. The predicted molar refractivity (Wildman–Crippen MR) is 84.3 cm³/mol. The molecule has 0 saturated heterocycles. The van der Waals surface area contributed by atoms with Gasteiger partial charge in [-0.25, -0.2) is 19.6 Å². The first-order chi connectivity index (χ1) is 10.8. The molecule has 5 N–H and O–H groups in total. The van der Waals surface area contributed by atoms with Gasteiger partial charge in [0.1, 0.15) is 5.56 Å². The number of H-pyrrole nitrogens is 1. The zero-order chi connectivity index (χ0) is 17.1. The highest BCUT2D eigenvalue weighted by Crippen LogP contribution is 2.18. The Morgan fingerprint density at radius 3 is 2.52 bits per heavy atom. The normalized spacial score (nSPS) is 11.3. The Bertz CT molecular complexity index is 898. The van der Waals surface area contributed by atoms with Crippen molar-refractivity contribution in [3.63, 3.8) is 0 Å². The van der Waals surface area contributed by atoms with Gasteiger partial charge in [-0.05, 0) is 31.2 Å². The van der Waals surface area contributed by atoms with E-state index < -0.39 is 23.2 Å². The molecule has 0 aliphatic carbocycles. The van der Waals surface area contributed by atoms with Crippen LogP contribution in [0.3, 0.4) is 0 Å². The van der Waals surface area contributed by atoms with Crippen molar-refractivity contribution in [2.75, 3.05) is 0 Å². The number of nitrogens with one attached hydrogen (secondary N) is 2. The maximum absolute atomic E-state index is 12.0. The van der Waals surface area contributed by atoms with Crippen LogP contribution in [-0.2, 0) is 0 Å². The Morgan fingerprint density at radius 2 is 1.96 bits per heavy atom. The standard InChI is InChI=1S/C13H12ClN5O4/c1-6(17-18-12(15)22)9-10(20)16-13(23)19(11(9)21)8-4-2-7(14)3-5-8/h2-5,21H,1H3,(H3,15,18,22)(H,16,20,23)/b17-6+. The van der Waals surface area contributed by atoms with E-state index in [1.807, 2.05) is 5.43 Å². The van der Waals surface area contributed by atoms with Crippen molar-refractivity contribution in [3.05, 3.63) is 55.7 Å². The van der Waals surface area contributed by atoms with Gasteiger partial charge in [-0.15, -0.1) is 0 Å². The number of aromatic amines is 1. The van der Waals surface area contributed by atoms with Gasteiger partial charge in [0, 0.05) is 5.02 Å². The van der Waals surface area contributed by atoms with E-state index in [1.165, 1.54) is 31.2 Å². The number of benzene rings is 1. The van der Waals surface area contributed by atoms with Crippen LogP contribution < -0.4 is 22.4 Å². The van der Waals surface area contributed by atoms with Gasteiger partial charge in [0.15, 0.2) is 0 Å². The third-order valence-corrected chi connectivity index (χ3v) is 3.12. The van der Waals surface area contributed by atoms with Gasteiger partial charge in [0.25, 0.3) is 5.56 Å². The quantitative estimate of drug-likeness (QED) is 0.471. The van der Waals surface area contributed by atoms with Crippen LogP contribution in [0.5, 0.6) is 5.88 Å². The van der Waals surface area contributed by atoms with Gasteiger partial charge in [0.2, 0.25) is 5.88 Å². The lowest BCUT2D eigenvalue weighted by atomic mass is 10.2. The second kappa shape index (κ2) is 6.36. The lowest BCUT2D eigenvalue weighted by Crippen LogP contribution is -2.33. The van der Waals surface area contributed by atoms with Crippen molar-refractivity contribution in [3.8, 4) is 11.6 Å². The molecule has 0 aliphatic rings. The number of nitrogens with two attached hydrogens (primary N) is 1. The number of aromatic hydroxyl groups is 1. The second-order valence-corrected chi connectivity index (χ2v) is 4.88. The van der Waals surface area contributed by atoms with Gasteiger partial charge >= 0.3 is 11.7 Å². The summed E-state index contributed by atoms with van der Waals surface area (Å²) < 4.78 is 0.871. The van der Waals surface area contributed by atoms with Crippen molar-refractivity contribution in [1.82, 2.24) is 15.0 Å².